The van der Waals surface area contributed by atoms with Gasteiger partial charge in [-0.25, -0.2) is 0 Å². The molecule has 0 heterocycles. The fourth-order valence-corrected chi connectivity index (χ4v) is 2.97. The van der Waals surface area contributed by atoms with E-state index in [1.165, 1.54) is 12.0 Å². The Kier molecular flexibility index (Phi) is 3.15. The maximum Gasteiger partial charge on any atom is 0.220 e. The van der Waals surface area contributed by atoms with Crippen molar-refractivity contribution in [2.24, 2.45) is 17.3 Å². The summed E-state index contributed by atoms with van der Waals surface area (Å²) >= 11 is 0. The molecule has 0 aromatic rings. The molecule has 0 aromatic heterocycles. The molecule has 0 unspecified atom stereocenters. The van der Waals surface area contributed by atoms with Crippen LogP contribution in [0.1, 0.15) is 40.0 Å². The summed E-state index contributed by atoms with van der Waals surface area (Å²) in [6, 6.07) is 0. The Morgan fingerprint density at radius 2 is 2.18 bits per heavy atom. The molecule has 2 atom stereocenters. The second-order valence-electron chi connectivity index (χ2n) is 5.91. The summed E-state index contributed by atoms with van der Waals surface area (Å²) in [5, 5.41) is 0. The minimum atomic E-state index is 0.0318. The van der Waals surface area contributed by atoms with Crippen molar-refractivity contribution in [2.75, 3.05) is 7.11 Å². The van der Waals surface area contributed by atoms with Crippen molar-refractivity contribution in [3.8, 4) is 0 Å². The second kappa shape index (κ2) is 4.32. The molecule has 0 aliphatic heterocycles. The highest BCUT2D eigenvalue weighted by Gasteiger charge is 2.38. The van der Waals surface area contributed by atoms with Gasteiger partial charge in [0.15, 0.2) is 5.76 Å². The summed E-state index contributed by atoms with van der Waals surface area (Å²) in [5.41, 5.74) is 1.35. The smallest absolute Gasteiger partial charge is 0.220 e. The summed E-state index contributed by atoms with van der Waals surface area (Å²) in [7, 11) is 1.58. The summed E-state index contributed by atoms with van der Waals surface area (Å²) in [6.07, 6.45) is 7.27. The molecule has 2 nitrogen and oxygen atoms in total. The molecular weight excluding hydrogens is 212 g/mol. The van der Waals surface area contributed by atoms with E-state index in [0.29, 0.717) is 11.7 Å². The molecule has 2 aliphatic rings. The molecule has 2 heteroatoms. The molecule has 2 aliphatic carbocycles. The van der Waals surface area contributed by atoms with Gasteiger partial charge >= 0.3 is 0 Å². The monoisotopic (exact) mass is 234 g/mol. The topological polar surface area (TPSA) is 26.3 Å². The number of ether oxygens (including phenoxy) is 1. The first-order chi connectivity index (χ1) is 7.96. The van der Waals surface area contributed by atoms with Gasteiger partial charge < -0.3 is 4.74 Å². The highest BCUT2D eigenvalue weighted by Crippen LogP contribution is 2.48. The zero-order chi connectivity index (χ0) is 12.6. The van der Waals surface area contributed by atoms with Gasteiger partial charge in [-0.2, -0.15) is 0 Å². The van der Waals surface area contributed by atoms with Crippen LogP contribution in [0.5, 0.6) is 0 Å². The van der Waals surface area contributed by atoms with Gasteiger partial charge in [0.1, 0.15) is 0 Å². The average molecular weight is 234 g/mol. The lowest BCUT2D eigenvalue weighted by atomic mass is 9.64. The normalized spacial score (nSPS) is 33.0. The summed E-state index contributed by atoms with van der Waals surface area (Å²) in [6.45, 7) is 6.77. The molecular formula is C15H22O2. The van der Waals surface area contributed by atoms with E-state index in [-0.39, 0.29) is 11.2 Å². The van der Waals surface area contributed by atoms with Crippen molar-refractivity contribution in [3.63, 3.8) is 0 Å². The van der Waals surface area contributed by atoms with Crippen LogP contribution in [0, 0.1) is 17.3 Å². The third kappa shape index (κ3) is 2.18. The lowest BCUT2D eigenvalue weighted by Gasteiger charge is -2.41. The predicted octanol–water partition coefficient (Wildman–Crippen LogP) is 3.49. The van der Waals surface area contributed by atoms with E-state index in [4.69, 9.17) is 4.74 Å². The molecule has 0 N–H and O–H groups in total. The van der Waals surface area contributed by atoms with Crippen molar-refractivity contribution in [1.82, 2.24) is 0 Å². The Labute approximate surface area is 104 Å². The van der Waals surface area contributed by atoms with Crippen LogP contribution in [0.25, 0.3) is 0 Å². The average Bonchev–Trinajstić information content (AvgIpc) is 2.28. The number of rotatable bonds is 2. The molecule has 0 spiro atoms. The lowest BCUT2D eigenvalue weighted by molar-refractivity contribution is -0.114. The fourth-order valence-electron chi connectivity index (χ4n) is 2.97. The van der Waals surface area contributed by atoms with E-state index in [0.717, 1.165) is 18.8 Å². The maximum absolute atomic E-state index is 11.8. The minimum Gasteiger partial charge on any atom is -0.493 e. The third-order valence-electron chi connectivity index (χ3n) is 4.41. The van der Waals surface area contributed by atoms with Gasteiger partial charge in [0.25, 0.3) is 0 Å². The van der Waals surface area contributed by atoms with Gasteiger partial charge in [-0.3, -0.25) is 4.79 Å². The Morgan fingerprint density at radius 3 is 2.76 bits per heavy atom. The number of methoxy groups -OCH3 is 1. The lowest BCUT2D eigenvalue weighted by Crippen LogP contribution is -2.31. The molecule has 1 fully saturated rings. The quantitative estimate of drug-likeness (QED) is 0.731. The SMILES string of the molecule is COC1=C[C@]2(C)CC[C@H](C(C)C)CC2=CC1=O. The number of carbonyl (C=O) groups excluding carboxylic acids is 1. The largest absolute Gasteiger partial charge is 0.493 e. The third-order valence-corrected chi connectivity index (χ3v) is 4.41. The zero-order valence-electron chi connectivity index (χ0n) is 11.2. The number of ketones is 1. The highest BCUT2D eigenvalue weighted by molar-refractivity contribution is 6.04. The van der Waals surface area contributed by atoms with E-state index >= 15 is 0 Å². The number of fused-ring (bicyclic) bond motifs is 1. The molecule has 94 valence electrons. The first kappa shape index (κ1) is 12.4. The Morgan fingerprint density at radius 1 is 1.47 bits per heavy atom. The molecule has 0 bridgehead atoms. The van der Waals surface area contributed by atoms with Gasteiger partial charge in [-0.1, -0.05) is 26.3 Å². The Bertz CT molecular complexity index is 390. The van der Waals surface area contributed by atoms with Gasteiger partial charge in [-0.15, -0.1) is 0 Å². The highest BCUT2D eigenvalue weighted by atomic mass is 16.5. The van der Waals surface area contributed by atoms with Crippen LogP contribution in [-0.2, 0) is 9.53 Å². The van der Waals surface area contributed by atoms with Gasteiger partial charge in [-0.05, 0) is 43.3 Å². The number of allylic oxidation sites excluding steroid dienone is 3. The van der Waals surface area contributed by atoms with Crippen molar-refractivity contribution >= 4 is 5.78 Å². The van der Waals surface area contributed by atoms with Crippen LogP contribution in [0.3, 0.4) is 0 Å². The van der Waals surface area contributed by atoms with Crippen LogP contribution in [-0.4, -0.2) is 12.9 Å². The summed E-state index contributed by atoms with van der Waals surface area (Å²) in [4.78, 5) is 11.8. The van der Waals surface area contributed by atoms with E-state index in [1.54, 1.807) is 7.11 Å². The molecule has 1 saturated carbocycles. The molecule has 0 aromatic carbocycles. The molecule has 2 rings (SSSR count). The summed E-state index contributed by atoms with van der Waals surface area (Å²) in [5.74, 6) is 1.96. The van der Waals surface area contributed by atoms with E-state index in [2.05, 4.69) is 20.8 Å². The number of carbonyl (C=O) groups is 1. The number of hydrogen-bond acceptors (Lipinski definition) is 2. The van der Waals surface area contributed by atoms with Gasteiger partial charge in [0.05, 0.1) is 7.11 Å². The maximum atomic E-state index is 11.8. The van der Waals surface area contributed by atoms with Crippen molar-refractivity contribution in [2.45, 2.75) is 40.0 Å². The molecule has 0 saturated heterocycles. The molecule has 0 radical (unpaired) electrons. The summed E-state index contributed by atoms with van der Waals surface area (Å²) < 4.78 is 5.16. The Balaban J connectivity index is 2.26. The zero-order valence-corrected chi connectivity index (χ0v) is 11.2. The van der Waals surface area contributed by atoms with Crippen molar-refractivity contribution < 1.29 is 9.53 Å². The van der Waals surface area contributed by atoms with Crippen LogP contribution >= 0.6 is 0 Å². The molecule has 0 amide bonds. The van der Waals surface area contributed by atoms with Gasteiger partial charge in [0.2, 0.25) is 5.78 Å². The van der Waals surface area contributed by atoms with Crippen LogP contribution in [0.2, 0.25) is 0 Å². The standard InChI is InChI=1S/C15H22O2/c1-10(2)11-5-6-15(3)9-14(17-4)13(16)8-12(15)7-11/h8-11H,5-7H2,1-4H3/t11-,15-/m0/s1. The van der Waals surface area contributed by atoms with E-state index < -0.39 is 0 Å². The molecule has 17 heavy (non-hydrogen) atoms. The van der Waals surface area contributed by atoms with Crippen LogP contribution < -0.4 is 0 Å². The second-order valence-corrected chi connectivity index (χ2v) is 5.91. The minimum absolute atomic E-state index is 0.0318. The van der Waals surface area contributed by atoms with E-state index in [1.807, 2.05) is 12.2 Å². The van der Waals surface area contributed by atoms with Crippen molar-refractivity contribution in [1.29, 1.82) is 0 Å². The first-order valence-electron chi connectivity index (χ1n) is 6.48. The first-order valence-corrected chi connectivity index (χ1v) is 6.48. The van der Waals surface area contributed by atoms with Crippen LogP contribution in [0.15, 0.2) is 23.5 Å². The fraction of sp³-hybridized carbons (Fsp3) is 0.667. The van der Waals surface area contributed by atoms with E-state index in [9.17, 15) is 4.79 Å². The predicted molar refractivity (Wildman–Crippen MR) is 68.5 cm³/mol. The Hall–Kier alpha value is -1.05. The van der Waals surface area contributed by atoms with Gasteiger partial charge in [0, 0.05) is 5.41 Å². The number of hydrogen-bond donors (Lipinski definition) is 0. The van der Waals surface area contributed by atoms with Crippen LogP contribution in [0.4, 0.5) is 0 Å². The van der Waals surface area contributed by atoms with Crippen molar-refractivity contribution in [3.05, 3.63) is 23.5 Å².